The van der Waals surface area contributed by atoms with Gasteiger partial charge in [0, 0.05) is 30.5 Å². The van der Waals surface area contributed by atoms with E-state index in [0.29, 0.717) is 11.4 Å². The molecule has 1 heterocycles. The zero-order valence-electron chi connectivity index (χ0n) is 12.5. The summed E-state index contributed by atoms with van der Waals surface area (Å²) in [6, 6.07) is 3.33. The zero-order chi connectivity index (χ0) is 16.0. The van der Waals surface area contributed by atoms with E-state index in [4.69, 9.17) is 4.74 Å². The summed E-state index contributed by atoms with van der Waals surface area (Å²) < 4.78 is 27.5. The first-order chi connectivity index (χ1) is 10.4. The second-order valence-electron chi connectivity index (χ2n) is 5.32. The third kappa shape index (κ3) is 5.48. The van der Waals surface area contributed by atoms with Gasteiger partial charge in [-0.1, -0.05) is 6.08 Å². The van der Waals surface area contributed by atoms with Crippen LogP contribution in [0.3, 0.4) is 0 Å². The number of pyridine rings is 1. The monoisotopic (exact) mass is 324 g/mol. The number of sulfone groups is 1. The lowest BCUT2D eigenvalue weighted by molar-refractivity contribution is 0.0957. The number of rotatable bonds is 6. The molecule has 1 aromatic heterocycles. The minimum atomic E-state index is -3.16. The smallest absolute Gasteiger partial charge is 0.253 e. The molecule has 1 N–H and O–H groups in total. The van der Waals surface area contributed by atoms with Gasteiger partial charge in [-0.2, -0.15) is 0 Å². The largest absolute Gasteiger partial charge is 0.474 e. The van der Waals surface area contributed by atoms with Crippen LogP contribution in [-0.4, -0.2) is 38.2 Å². The van der Waals surface area contributed by atoms with Crippen molar-refractivity contribution in [2.24, 2.45) is 0 Å². The summed E-state index contributed by atoms with van der Waals surface area (Å²) in [5.41, 5.74) is 0.409. The van der Waals surface area contributed by atoms with Crippen molar-refractivity contribution in [2.45, 2.75) is 31.8 Å². The van der Waals surface area contributed by atoms with E-state index >= 15 is 0 Å². The number of amides is 1. The van der Waals surface area contributed by atoms with Crippen LogP contribution in [0.25, 0.3) is 0 Å². The molecule has 0 aromatic carbocycles. The normalized spacial score (nSPS) is 16.0. The second-order valence-corrected chi connectivity index (χ2v) is 7.25. The van der Waals surface area contributed by atoms with Gasteiger partial charge in [0.1, 0.15) is 6.10 Å². The fraction of sp³-hybridized carbons (Fsp3) is 0.467. The quantitative estimate of drug-likeness (QED) is 0.860. The lowest BCUT2D eigenvalue weighted by atomic mass is 10.2. The molecule has 1 aromatic rings. The maximum Gasteiger partial charge on any atom is 0.253 e. The van der Waals surface area contributed by atoms with Crippen LogP contribution in [0.1, 0.15) is 36.0 Å². The molecule has 0 spiro atoms. The maximum absolute atomic E-state index is 11.8. The first-order valence-corrected chi connectivity index (χ1v) is 9.17. The summed E-state index contributed by atoms with van der Waals surface area (Å²) in [7, 11) is -3.16. The van der Waals surface area contributed by atoms with Crippen LogP contribution < -0.4 is 10.1 Å². The molecule has 0 aliphatic heterocycles. The molecular formula is C15H20N2O4S. The van der Waals surface area contributed by atoms with Gasteiger partial charge in [-0.25, -0.2) is 13.4 Å². The molecule has 1 fully saturated rings. The Morgan fingerprint density at radius 1 is 1.41 bits per heavy atom. The summed E-state index contributed by atoms with van der Waals surface area (Å²) in [5.74, 6) is 0.221. The Hall–Kier alpha value is -1.89. The molecule has 22 heavy (non-hydrogen) atoms. The van der Waals surface area contributed by atoms with E-state index < -0.39 is 9.84 Å². The van der Waals surface area contributed by atoms with Gasteiger partial charge in [0.15, 0.2) is 9.84 Å². The molecule has 6 nitrogen and oxygen atoms in total. The first-order valence-electron chi connectivity index (χ1n) is 7.21. The molecule has 0 radical (unpaired) electrons. The second kappa shape index (κ2) is 7.40. The molecule has 0 saturated heterocycles. The molecule has 1 saturated carbocycles. The highest BCUT2D eigenvalue weighted by molar-refractivity contribution is 7.93. The van der Waals surface area contributed by atoms with E-state index in [9.17, 15) is 13.2 Å². The van der Waals surface area contributed by atoms with E-state index in [1.807, 2.05) is 0 Å². The van der Waals surface area contributed by atoms with Gasteiger partial charge >= 0.3 is 0 Å². The minimum absolute atomic E-state index is 0.145. The third-order valence-corrected chi connectivity index (χ3v) is 4.00. The van der Waals surface area contributed by atoms with Crippen LogP contribution in [0, 0.1) is 0 Å². The van der Waals surface area contributed by atoms with E-state index in [-0.39, 0.29) is 18.6 Å². The van der Waals surface area contributed by atoms with Gasteiger partial charge in [-0.15, -0.1) is 0 Å². The molecule has 1 aliphatic rings. The summed E-state index contributed by atoms with van der Waals surface area (Å²) in [5, 5.41) is 3.65. The van der Waals surface area contributed by atoms with Gasteiger partial charge in [0.05, 0.1) is 5.56 Å². The number of ether oxygens (including phenoxy) is 1. The fourth-order valence-electron chi connectivity index (χ4n) is 2.24. The van der Waals surface area contributed by atoms with Crippen molar-refractivity contribution >= 4 is 15.7 Å². The summed E-state index contributed by atoms with van der Waals surface area (Å²) in [4.78, 5) is 16.0. The summed E-state index contributed by atoms with van der Waals surface area (Å²) >= 11 is 0. The number of carbonyl (C=O) groups excluding carboxylic acids is 1. The van der Waals surface area contributed by atoms with Crippen molar-refractivity contribution in [1.82, 2.24) is 10.3 Å². The molecule has 1 amide bonds. The third-order valence-electron chi connectivity index (χ3n) is 3.31. The molecule has 0 unspecified atom stereocenters. The molecule has 1 aliphatic carbocycles. The van der Waals surface area contributed by atoms with Crippen molar-refractivity contribution in [1.29, 1.82) is 0 Å². The van der Waals surface area contributed by atoms with Crippen LogP contribution in [0.2, 0.25) is 0 Å². The number of aromatic nitrogens is 1. The van der Waals surface area contributed by atoms with E-state index in [1.165, 1.54) is 25.1 Å². The van der Waals surface area contributed by atoms with E-state index in [1.54, 1.807) is 12.1 Å². The highest BCUT2D eigenvalue weighted by atomic mass is 32.2. The highest BCUT2D eigenvalue weighted by Gasteiger charge is 2.17. The lowest BCUT2D eigenvalue weighted by Crippen LogP contribution is -2.23. The Bertz CT molecular complexity index is 632. The van der Waals surface area contributed by atoms with Crippen molar-refractivity contribution in [3.63, 3.8) is 0 Å². The van der Waals surface area contributed by atoms with Crippen molar-refractivity contribution in [3.8, 4) is 5.88 Å². The molecule has 120 valence electrons. The van der Waals surface area contributed by atoms with Crippen LogP contribution >= 0.6 is 0 Å². The van der Waals surface area contributed by atoms with Gasteiger partial charge in [0.25, 0.3) is 5.91 Å². The predicted molar refractivity (Wildman–Crippen MR) is 83.4 cm³/mol. The summed E-state index contributed by atoms with van der Waals surface area (Å²) in [6.45, 7) is 0.145. The Labute approximate surface area is 130 Å². The maximum atomic E-state index is 11.8. The molecular weight excluding hydrogens is 304 g/mol. The topological polar surface area (TPSA) is 85.4 Å². The SMILES string of the molecule is CS(=O)(=O)C=CCNC(=O)c1ccc(OC2CCCC2)nc1. The first kappa shape index (κ1) is 16.5. The van der Waals surface area contributed by atoms with Crippen molar-refractivity contribution in [2.75, 3.05) is 12.8 Å². The van der Waals surface area contributed by atoms with Crippen molar-refractivity contribution in [3.05, 3.63) is 35.4 Å². The van der Waals surface area contributed by atoms with E-state index in [2.05, 4.69) is 10.3 Å². The van der Waals surface area contributed by atoms with E-state index in [0.717, 1.165) is 24.5 Å². The number of hydrogen-bond donors (Lipinski definition) is 1. The lowest BCUT2D eigenvalue weighted by Gasteiger charge is -2.11. The van der Waals surface area contributed by atoms with Crippen LogP contribution in [-0.2, 0) is 9.84 Å². The number of hydrogen-bond acceptors (Lipinski definition) is 5. The predicted octanol–water partition coefficient (Wildman–Crippen LogP) is 1.69. The molecule has 2 rings (SSSR count). The Morgan fingerprint density at radius 3 is 2.73 bits per heavy atom. The Balaban J connectivity index is 1.84. The Morgan fingerprint density at radius 2 is 2.14 bits per heavy atom. The number of nitrogens with one attached hydrogen (secondary N) is 1. The molecule has 7 heteroatoms. The molecule has 0 atom stereocenters. The van der Waals surface area contributed by atoms with Crippen LogP contribution in [0.15, 0.2) is 29.8 Å². The molecule has 0 bridgehead atoms. The average molecular weight is 324 g/mol. The zero-order valence-corrected chi connectivity index (χ0v) is 13.3. The minimum Gasteiger partial charge on any atom is -0.474 e. The van der Waals surface area contributed by atoms with Crippen molar-refractivity contribution < 1.29 is 17.9 Å². The highest BCUT2D eigenvalue weighted by Crippen LogP contribution is 2.22. The Kier molecular flexibility index (Phi) is 5.54. The number of carbonyl (C=O) groups is 1. The van der Waals surface area contributed by atoms with Gasteiger partial charge in [-0.3, -0.25) is 4.79 Å². The van der Waals surface area contributed by atoms with Crippen LogP contribution in [0.5, 0.6) is 5.88 Å². The van der Waals surface area contributed by atoms with Gasteiger partial charge < -0.3 is 10.1 Å². The summed E-state index contributed by atoms with van der Waals surface area (Å²) in [6.07, 6.45) is 8.65. The van der Waals surface area contributed by atoms with Gasteiger partial charge in [0.2, 0.25) is 5.88 Å². The van der Waals surface area contributed by atoms with Crippen LogP contribution in [0.4, 0.5) is 0 Å². The fourth-order valence-corrected chi connectivity index (χ4v) is 2.68. The number of nitrogens with zero attached hydrogens (tertiary/aromatic N) is 1. The van der Waals surface area contributed by atoms with Gasteiger partial charge in [-0.05, 0) is 31.7 Å². The average Bonchev–Trinajstić information content (AvgIpc) is 2.96. The standard InChI is InChI=1S/C15H20N2O4S/c1-22(19,20)10-4-9-16-15(18)12-7-8-14(17-11-12)21-13-5-2-3-6-13/h4,7-8,10-11,13H,2-3,5-6,9H2,1H3,(H,16,18).